The van der Waals surface area contributed by atoms with E-state index < -0.39 is 0 Å². The molecule has 0 spiro atoms. The van der Waals surface area contributed by atoms with E-state index in [4.69, 9.17) is 26.8 Å². The molecule has 0 radical (unpaired) electrons. The molecule has 0 atom stereocenters. The predicted molar refractivity (Wildman–Crippen MR) is 125 cm³/mol. The van der Waals surface area contributed by atoms with Crippen LogP contribution in [0.5, 0.6) is 11.5 Å². The molecule has 0 unspecified atom stereocenters. The van der Waals surface area contributed by atoms with E-state index in [1.165, 1.54) is 16.0 Å². The van der Waals surface area contributed by atoms with Crippen molar-refractivity contribution in [2.75, 3.05) is 20.3 Å². The molecule has 1 aliphatic carbocycles. The predicted octanol–water partition coefficient (Wildman–Crippen LogP) is 5.78. The molecular weight excluding hydrogens is 418 g/mol. The van der Waals surface area contributed by atoms with E-state index in [0.717, 1.165) is 36.1 Å². The number of carbonyl (C=O) groups excluding carboxylic acids is 1. The standard InChI is InChI=1S/C24H32ClNO3S/c1-15-18-14-24(2,3)9-8-17(18)23(30-15)20(27)7-6-16-12-19(25)22(21(13-16)28-4)29-11-5-10-26/h12-13H,5-11,14,26H2,1-4H3. The second kappa shape index (κ2) is 9.71. The van der Waals surface area contributed by atoms with Crippen LogP contribution in [-0.4, -0.2) is 26.0 Å². The number of halogens is 1. The topological polar surface area (TPSA) is 61.5 Å². The largest absolute Gasteiger partial charge is 0.493 e. The number of methoxy groups -OCH3 is 1. The van der Waals surface area contributed by atoms with Gasteiger partial charge in [-0.1, -0.05) is 25.4 Å². The fraction of sp³-hybridized carbons (Fsp3) is 0.542. The van der Waals surface area contributed by atoms with Crippen molar-refractivity contribution in [3.63, 3.8) is 0 Å². The molecule has 164 valence electrons. The van der Waals surface area contributed by atoms with Crippen LogP contribution in [-0.2, 0) is 19.3 Å². The van der Waals surface area contributed by atoms with Gasteiger partial charge in [0.2, 0.25) is 0 Å². The molecule has 3 rings (SSSR count). The first kappa shape index (κ1) is 23.1. The van der Waals surface area contributed by atoms with Gasteiger partial charge in [0.15, 0.2) is 17.3 Å². The maximum atomic E-state index is 13.1. The number of hydrogen-bond donors (Lipinski definition) is 1. The summed E-state index contributed by atoms with van der Waals surface area (Å²) in [4.78, 5) is 15.3. The summed E-state index contributed by atoms with van der Waals surface area (Å²) < 4.78 is 11.2. The Balaban J connectivity index is 1.72. The third-order valence-electron chi connectivity index (χ3n) is 5.80. The molecule has 1 aromatic carbocycles. The van der Waals surface area contributed by atoms with Gasteiger partial charge in [0, 0.05) is 11.3 Å². The van der Waals surface area contributed by atoms with E-state index in [-0.39, 0.29) is 5.78 Å². The Hall–Kier alpha value is -1.56. The quantitative estimate of drug-likeness (QED) is 0.389. The van der Waals surface area contributed by atoms with E-state index in [1.54, 1.807) is 18.4 Å². The summed E-state index contributed by atoms with van der Waals surface area (Å²) in [5, 5.41) is 0.500. The monoisotopic (exact) mass is 449 g/mol. The van der Waals surface area contributed by atoms with Crippen LogP contribution in [0, 0.1) is 12.3 Å². The van der Waals surface area contributed by atoms with Gasteiger partial charge in [0.1, 0.15) is 0 Å². The summed E-state index contributed by atoms with van der Waals surface area (Å²) in [6, 6.07) is 3.78. The number of aryl methyl sites for hydroxylation is 2. The minimum atomic E-state index is 0.224. The zero-order chi connectivity index (χ0) is 21.9. The lowest BCUT2D eigenvalue weighted by atomic mass is 9.74. The van der Waals surface area contributed by atoms with Gasteiger partial charge in [-0.15, -0.1) is 11.3 Å². The molecule has 2 N–H and O–H groups in total. The van der Waals surface area contributed by atoms with Crippen LogP contribution in [0.15, 0.2) is 12.1 Å². The highest BCUT2D eigenvalue weighted by Crippen LogP contribution is 2.42. The van der Waals surface area contributed by atoms with Gasteiger partial charge in [0.05, 0.1) is 23.6 Å². The molecule has 1 aromatic heterocycles. The Bertz CT molecular complexity index is 920. The number of ether oxygens (including phenoxy) is 2. The Morgan fingerprint density at radius 3 is 2.77 bits per heavy atom. The third kappa shape index (κ3) is 5.19. The van der Waals surface area contributed by atoms with Crippen molar-refractivity contribution in [3.8, 4) is 11.5 Å². The van der Waals surface area contributed by atoms with E-state index in [9.17, 15) is 4.79 Å². The summed E-state index contributed by atoms with van der Waals surface area (Å²) in [6.45, 7) is 7.83. The average Bonchev–Trinajstić information content (AvgIpc) is 3.02. The van der Waals surface area contributed by atoms with Gasteiger partial charge < -0.3 is 15.2 Å². The van der Waals surface area contributed by atoms with Crippen LogP contribution in [0.3, 0.4) is 0 Å². The lowest BCUT2D eigenvalue weighted by molar-refractivity contribution is 0.0985. The number of fused-ring (bicyclic) bond motifs is 1. The lowest BCUT2D eigenvalue weighted by Gasteiger charge is -2.30. The smallest absolute Gasteiger partial charge is 0.179 e. The van der Waals surface area contributed by atoms with Crippen LogP contribution in [0.2, 0.25) is 5.02 Å². The summed E-state index contributed by atoms with van der Waals surface area (Å²) in [7, 11) is 1.60. The molecule has 1 heterocycles. The number of benzene rings is 1. The van der Waals surface area contributed by atoms with Crippen molar-refractivity contribution in [1.29, 1.82) is 0 Å². The van der Waals surface area contributed by atoms with Crippen LogP contribution in [0.4, 0.5) is 0 Å². The van der Waals surface area contributed by atoms with Crippen LogP contribution >= 0.6 is 22.9 Å². The molecule has 1 aliphatic rings. The average molecular weight is 450 g/mol. The number of thiophene rings is 1. The number of carbonyl (C=O) groups is 1. The number of rotatable bonds is 9. The fourth-order valence-electron chi connectivity index (χ4n) is 4.06. The summed E-state index contributed by atoms with van der Waals surface area (Å²) >= 11 is 8.10. The zero-order valence-corrected chi connectivity index (χ0v) is 20.0. The van der Waals surface area contributed by atoms with Crippen molar-refractivity contribution in [1.82, 2.24) is 0 Å². The van der Waals surface area contributed by atoms with Crippen molar-refractivity contribution in [3.05, 3.63) is 43.6 Å². The molecule has 0 saturated heterocycles. The van der Waals surface area contributed by atoms with Crippen LogP contribution in [0.25, 0.3) is 0 Å². The minimum Gasteiger partial charge on any atom is -0.493 e. The molecular formula is C24H32ClNO3S. The SMILES string of the molecule is COc1cc(CCC(=O)c2sc(C)c3c2CCC(C)(C)C3)cc(Cl)c1OCCCN. The summed E-state index contributed by atoms with van der Waals surface area (Å²) in [5.74, 6) is 1.35. The van der Waals surface area contributed by atoms with E-state index >= 15 is 0 Å². The first-order valence-corrected chi connectivity index (χ1v) is 11.8. The molecule has 0 bridgehead atoms. The van der Waals surface area contributed by atoms with Gasteiger partial charge in [-0.05, 0) is 79.8 Å². The van der Waals surface area contributed by atoms with Gasteiger partial charge in [-0.25, -0.2) is 0 Å². The van der Waals surface area contributed by atoms with Crippen molar-refractivity contribution < 1.29 is 14.3 Å². The highest BCUT2D eigenvalue weighted by Gasteiger charge is 2.31. The van der Waals surface area contributed by atoms with E-state index in [2.05, 4.69) is 20.8 Å². The molecule has 0 aliphatic heterocycles. The molecule has 0 amide bonds. The van der Waals surface area contributed by atoms with Gasteiger partial charge in [0.25, 0.3) is 0 Å². The Morgan fingerprint density at radius 1 is 1.30 bits per heavy atom. The minimum absolute atomic E-state index is 0.224. The maximum Gasteiger partial charge on any atom is 0.179 e. The Kier molecular flexibility index (Phi) is 7.48. The van der Waals surface area contributed by atoms with Crippen molar-refractivity contribution in [2.45, 2.75) is 59.3 Å². The normalized spacial score (nSPS) is 15.0. The Morgan fingerprint density at radius 2 is 2.07 bits per heavy atom. The molecule has 0 fully saturated rings. The highest BCUT2D eigenvalue weighted by atomic mass is 35.5. The van der Waals surface area contributed by atoms with Gasteiger partial charge in [-0.3, -0.25) is 4.79 Å². The first-order chi connectivity index (χ1) is 14.3. The van der Waals surface area contributed by atoms with Crippen LogP contribution < -0.4 is 15.2 Å². The summed E-state index contributed by atoms with van der Waals surface area (Å²) in [6.07, 6.45) is 5.03. The van der Waals surface area contributed by atoms with Gasteiger partial charge >= 0.3 is 0 Å². The van der Waals surface area contributed by atoms with Crippen molar-refractivity contribution in [2.24, 2.45) is 11.1 Å². The number of nitrogens with two attached hydrogens (primary N) is 1. The molecule has 6 heteroatoms. The molecule has 30 heavy (non-hydrogen) atoms. The van der Waals surface area contributed by atoms with E-state index in [1.807, 2.05) is 12.1 Å². The Labute approximate surface area is 188 Å². The number of Topliss-reactive ketones (excluding diaryl/α,β-unsaturated/α-hetero) is 1. The first-order valence-electron chi connectivity index (χ1n) is 10.6. The summed E-state index contributed by atoms with van der Waals surface area (Å²) in [5.41, 5.74) is 9.51. The fourth-order valence-corrected chi connectivity index (χ4v) is 5.54. The molecule has 4 nitrogen and oxygen atoms in total. The third-order valence-corrected chi connectivity index (χ3v) is 7.32. The van der Waals surface area contributed by atoms with Crippen LogP contribution in [0.1, 0.15) is 64.3 Å². The second-order valence-electron chi connectivity index (χ2n) is 8.81. The molecule has 0 saturated carbocycles. The zero-order valence-electron chi connectivity index (χ0n) is 18.4. The number of ketones is 1. The highest BCUT2D eigenvalue weighted by molar-refractivity contribution is 7.14. The maximum absolute atomic E-state index is 13.1. The second-order valence-corrected chi connectivity index (χ2v) is 10.4. The van der Waals surface area contributed by atoms with Gasteiger partial charge in [-0.2, -0.15) is 0 Å². The van der Waals surface area contributed by atoms with E-state index in [0.29, 0.717) is 47.9 Å². The molecule has 2 aromatic rings. The van der Waals surface area contributed by atoms with Crippen molar-refractivity contribution >= 4 is 28.7 Å². The number of hydrogen-bond acceptors (Lipinski definition) is 5. The lowest BCUT2D eigenvalue weighted by Crippen LogP contribution is -2.22.